The molecule has 0 N–H and O–H groups in total. The third-order valence-corrected chi connectivity index (χ3v) is 5.81. The highest BCUT2D eigenvalue weighted by Gasteiger charge is 2.31. The molecule has 0 amide bonds. The summed E-state index contributed by atoms with van der Waals surface area (Å²) in [6, 6.07) is 6.13. The summed E-state index contributed by atoms with van der Waals surface area (Å²) in [5.74, 6) is 2.42. The summed E-state index contributed by atoms with van der Waals surface area (Å²) in [6.07, 6.45) is 11.0. The maximum absolute atomic E-state index is 13.2. The Bertz CT molecular complexity index is 1230. The molecule has 0 aliphatic carbocycles. The van der Waals surface area contributed by atoms with E-state index in [1.165, 1.54) is 0 Å². The van der Waals surface area contributed by atoms with E-state index in [1.807, 2.05) is 82.9 Å². The fraction of sp³-hybridized carbons (Fsp3) is 0.296. The van der Waals surface area contributed by atoms with Gasteiger partial charge >= 0.3 is 0 Å². The van der Waals surface area contributed by atoms with Crippen molar-refractivity contribution in [3.63, 3.8) is 0 Å². The van der Waals surface area contributed by atoms with Crippen LogP contribution in [0, 0.1) is 20.8 Å². The van der Waals surface area contributed by atoms with Crippen LogP contribution in [0.3, 0.4) is 0 Å². The smallest absolute Gasteiger partial charge is 0.147 e. The first-order chi connectivity index (χ1) is 15.6. The number of carbonyl (C=O) groups is 1. The second kappa shape index (κ2) is 9.86. The summed E-state index contributed by atoms with van der Waals surface area (Å²) >= 11 is 0. The van der Waals surface area contributed by atoms with Crippen LogP contribution in [-0.2, 0) is 10.2 Å². The largest absolute Gasteiger partial charge is 0.298 e. The summed E-state index contributed by atoms with van der Waals surface area (Å²) in [6.45, 7) is 15.7. The molecular weight excluding hydrogens is 410 g/mol. The molecule has 0 radical (unpaired) electrons. The third kappa shape index (κ3) is 5.40. The Morgan fingerprint density at radius 1 is 1.12 bits per heavy atom. The summed E-state index contributed by atoms with van der Waals surface area (Å²) < 4.78 is 1.89. The Kier molecular flexibility index (Phi) is 7.16. The van der Waals surface area contributed by atoms with Gasteiger partial charge in [-0.3, -0.25) is 9.36 Å². The Hall–Kier alpha value is -3.67. The van der Waals surface area contributed by atoms with Crippen molar-refractivity contribution < 1.29 is 4.79 Å². The highest BCUT2D eigenvalue weighted by molar-refractivity contribution is 5.97. The van der Waals surface area contributed by atoms with Crippen LogP contribution in [0.2, 0.25) is 0 Å². The van der Waals surface area contributed by atoms with Crippen molar-refractivity contribution in [2.45, 2.75) is 53.4 Å². The molecule has 33 heavy (non-hydrogen) atoms. The van der Waals surface area contributed by atoms with Crippen LogP contribution in [0.25, 0.3) is 16.9 Å². The van der Waals surface area contributed by atoms with Gasteiger partial charge < -0.3 is 0 Å². The standard InChI is InChI=1S/C27H31N5O/c1-8-26(32-12-11-28-21(32)5)31-15-18(2)13-25(33)27(6,7)24-10-9-22(14-19(24)3)23-16-29-20(4)30-17-23/h8-12,14-17H,2,13H2,1,3-7H3/b26-8+,31-15-. The number of ketones is 1. The summed E-state index contributed by atoms with van der Waals surface area (Å²) in [5.41, 5.74) is 4.04. The number of carbonyl (C=O) groups excluding carboxylic acids is 1. The van der Waals surface area contributed by atoms with E-state index >= 15 is 0 Å². The van der Waals surface area contributed by atoms with Gasteiger partial charge in [0.05, 0.1) is 0 Å². The molecular formula is C27H31N5O. The van der Waals surface area contributed by atoms with E-state index in [-0.39, 0.29) is 12.2 Å². The molecule has 3 aromatic rings. The average molecular weight is 442 g/mol. The normalized spacial score (nSPS) is 12.4. The number of imidazole rings is 1. The minimum atomic E-state index is -0.659. The van der Waals surface area contributed by atoms with E-state index in [1.54, 1.807) is 12.4 Å². The van der Waals surface area contributed by atoms with Gasteiger partial charge in [0.2, 0.25) is 0 Å². The lowest BCUT2D eigenvalue weighted by atomic mass is 9.76. The van der Waals surface area contributed by atoms with Gasteiger partial charge in [0.25, 0.3) is 0 Å². The van der Waals surface area contributed by atoms with Crippen LogP contribution >= 0.6 is 0 Å². The Balaban J connectivity index is 1.74. The van der Waals surface area contributed by atoms with Crippen LogP contribution in [0.4, 0.5) is 0 Å². The van der Waals surface area contributed by atoms with Crippen LogP contribution in [0.5, 0.6) is 0 Å². The molecule has 6 nitrogen and oxygen atoms in total. The van der Waals surface area contributed by atoms with Crippen LogP contribution in [0.15, 0.2) is 66.2 Å². The fourth-order valence-electron chi connectivity index (χ4n) is 3.76. The zero-order valence-electron chi connectivity index (χ0n) is 20.3. The maximum Gasteiger partial charge on any atom is 0.147 e. The van der Waals surface area contributed by atoms with Crippen molar-refractivity contribution in [1.29, 1.82) is 0 Å². The molecule has 6 heteroatoms. The second-order valence-corrected chi connectivity index (χ2v) is 8.68. The molecule has 0 fully saturated rings. The number of aliphatic imine (C=N–C) groups is 1. The van der Waals surface area contributed by atoms with Crippen molar-refractivity contribution in [2.75, 3.05) is 0 Å². The van der Waals surface area contributed by atoms with Gasteiger partial charge in [0.1, 0.15) is 23.3 Å². The Morgan fingerprint density at radius 2 is 1.82 bits per heavy atom. The SMILES string of the molecule is C=C(/C=N\C(=C/C)n1ccnc1C)CC(=O)C(C)(C)c1ccc(-c2cnc(C)nc2)cc1C. The molecule has 0 atom stereocenters. The van der Waals surface area contributed by atoms with E-state index < -0.39 is 5.41 Å². The van der Waals surface area contributed by atoms with E-state index in [0.717, 1.165) is 39.7 Å². The minimum Gasteiger partial charge on any atom is -0.298 e. The zero-order valence-corrected chi connectivity index (χ0v) is 20.3. The molecule has 1 aromatic carbocycles. The minimum absolute atomic E-state index is 0.0920. The fourth-order valence-corrected chi connectivity index (χ4v) is 3.76. The number of benzene rings is 1. The van der Waals surface area contributed by atoms with Crippen LogP contribution in [-0.4, -0.2) is 31.5 Å². The molecule has 0 saturated heterocycles. The Morgan fingerprint density at radius 3 is 2.39 bits per heavy atom. The molecule has 2 aromatic heterocycles. The van der Waals surface area contributed by atoms with Gasteiger partial charge in [-0.2, -0.15) is 0 Å². The lowest BCUT2D eigenvalue weighted by molar-refractivity contribution is -0.122. The van der Waals surface area contributed by atoms with Gasteiger partial charge in [-0.25, -0.2) is 19.9 Å². The maximum atomic E-state index is 13.2. The topological polar surface area (TPSA) is 73.0 Å². The van der Waals surface area contributed by atoms with Crippen molar-refractivity contribution >= 4 is 17.8 Å². The number of nitrogens with zero attached hydrogens (tertiary/aromatic N) is 5. The van der Waals surface area contributed by atoms with Crippen molar-refractivity contribution in [2.24, 2.45) is 4.99 Å². The number of hydrogen-bond donors (Lipinski definition) is 0. The summed E-state index contributed by atoms with van der Waals surface area (Å²) in [7, 11) is 0. The average Bonchev–Trinajstić information content (AvgIpc) is 3.20. The highest BCUT2D eigenvalue weighted by atomic mass is 16.1. The van der Waals surface area contributed by atoms with E-state index in [9.17, 15) is 4.79 Å². The number of hydrogen-bond acceptors (Lipinski definition) is 5. The number of aromatic nitrogens is 4. The molecule has 0 bridgehead atoms. The van der Waals surface area contributed by atoms with Gasteiger partial charge in [-0.1, -0.05) is 24.8 Å². The summed E-state index contributed by atoms with van der Waals surface area (Å²) in [4.78, 5) is 30.5. The predicted octanol–water partition coefficient (Wildman–Crippen LogP) is 5.65. The highest BCUT2D eigenvalue weighted by Crippen LogP contribution is 2.32. The molecule has 0 spiro atoms. The number of rotatable bonds is 8. The van der Waals surface area contributed by atoms with Gasteiger partial charge in [0, 0.05) is 48.4 Å². The first kappa shape index (κ1) is 24.0. The van der Waals surface area contributed by atoms with Gasteiger partial charge in [-0.05, 0) is 69.9 Å². The van der Waals surface area contributed by atoms with E-state index in [0.29, 0.717) is 5.57 Å². The van der Waals surface area contributed by atoms with Crippen molar-refractivity contribution in [3.05, 3.63) is 84.0 Å². The van der Waals surface area contributed by atoms with Crippen molar-refractivity contribution in [3.8, 4) is 11.1 Å². The number of Topliss-reactive ketones (excluding diaryl/α,β-unsaturated/α-hetero) is 1. The molecule has 0 saturated carbocycles. The molecule has 0 aliphatic rings. The van der Waals surface area contributed by atoms with Crippen LogP contribution < -0.4 is 0 Å². The second-order valence-electron chi connectivity index (χ2n) is 8.68. The zero-order chi connectivity index (χ0) is 24.2. The first-order valence-electron chi connectivity index (χ1n) is 11.0. The van der Waals surface area contributed by atoms with Crippen LogP contribution in [0.1, 0.15) is 50.0 Å². The number of aryl methyl sites for hydroxylation is 3. The van der Waals surface area contributed by atoms with Gasteiger partial charge in [0.15, 0.2) is 0 Å². The molecule has 0 aliphatic heterocycles. The Labute approximate surface area is 195 Å². The number of allylic oxidation sites excluding steroid dienone is 2. The first-order valence-corrected chi connectivity index (χ1v) is 11.0. The third-order valence-electron chi connectivity index (χ3n) is 5.81. The lowest BCUT2D eigenvalue weighted by Crippen LogP contribution is -2.30. The monoisotopic (exact) mass is 441 g/mol. The van der Waals surface area contributed by atoms with Gasteiger partial charge in [-0.15, -0.1) is 0 Å². The predicted molar refractivity (Wildman–Crippen MR) is 134 cm³/mol. The van der Waals surface area contributed by atoms with Crippen molar-refractivity contribution in [1.82, 2.24) is 19.5 Å². The summed E-state index contributed by atoms with van der Waals surface area (Å²) in [5, 5.41) is 0. The van der Waals surface area contributed by atoms with E-state index in [2.05, 4.69) is 32.6 Å². The lowest BCUT2D eigenvalue weighted by Gasteiger charge is -2.26. The molecule has 3 rings (SSSR count). The quantitative estimate of drug-likeness (QED) is 0.424. The molecule has 2 heterocycles. The molecule has 170 valence electrons. The molecule has 0 unspecified atom stereocenters. The van der Waals surface area contributed by atoms with E-state index in [4.69, 9.17) is 0 Å².